The molecule has 5 heteroatoms. The number of aryl methyl sites for hydroxylation is 1. The monoisotopic (exact) mass is 285 g/mol. The first kappa shape index (κ1) is 13.8. The predicted molar refractivity (Wildman–Crippen MR) is 79.1 cm³/mol. The van der Waals surface area contributed by atoms with Gasteiger partial charge in [0.05, 0.1) is 11.9 Å². The molecule has 0 atom stereocenters. The summed E-state index contributed by atoms with van der Waals surface area (Å²) >= 11 is 0. The highest BCUT2D eigenvalue weighted by Crippen LogP contribution is 2.21. The normalized spacial score (nSPS) is 14.9. The highest BCUT2D eigenvalue weighted by molar-refractivity contribution is 5.88. The van der Waals surface area contributed by atoms with Gasteiger partial charge in [0.2, 0.25) is 0 Å². The van der Waals surface area contributed by atoms with Crippen molar-refractivity contribution in [3.63, 3.8) is 0 Å². The van der Waals surface area contributed by atoms with Crippen LogP contribution in [-0.4, -0.2) is 32.3 Å². The summed E-state index contributed by atoms with van der Waals surface area (Å²) in [4.78, 5) is 13.6. The quantitative estimate of drug-likeness (QED) is 0.935. The molecule has 1 N–H and O–H groups in total. The van der Waals surface area contributed by atoms with Crippen LogP contribution in [0.4, 0.5) is 0 Å². The van der Waals surface area contributed by atoms with Crippen molar-refractivity contribution in [2.45, 2.75) is 33.0 Å². The third kappa shape index (κ3) is 2.69. The maximum Gasteiger partial charge on any atom is 0.339 e. The highest BCUT2D eigenvalue weighted by atomic mass is 16.4. The molecule has 2 aromatic rings. The Morgan fingerprint density at radius 3 is 2.81 bits per heavy atom. The Bertz CT molecular complexity index is 663. The number of rotatable bonds is 4. The molecule has 0 unspecified atom stereocenters. The number of fused-ring (bicyclic) bond motifs is 1. The van der Waals surface area contributed by atoms with Gasteiger partial charge in [0, 0.05) is 26.2 Å². The molecule has 2 heterocycles. The Balaban J connectivity index is 1.82. The number of carboxylic acids is 1. The van der Waals surface area contributed by atoms with Crippen LogP contribution in [0, 0.1) is 0 Å². The summed E-state index contributed by atoms with van der Waals surface area (Å²) in [5.74, 6) is -0.901. The van der Waals surface area contributed by atoms with Crippen molar-refractivity contribution in [2.75, 3.05) is 6.54 Å². The van der Waals surface area contributed by atoms with Crippen molar-refractivity contribution in [3.8, 4) is 0 Å². The van der Waals surface area contributed by atoms with Crippen LogP contribution in [0.25, 0.3) is 0 Å². The van der Waals surface area contributed by atoms with E-state index in [0.29, 0.717) is 18.7 Å². The molecule has 1 aliphatic rings. The van der Waals surface area contributed by atoms with E-state index in [1.165, 1.54) is 17.3 Å². The predicted octanol–water partition coefficient (Wildman–Crippen LogP) is 2.16. The number of aromatic nitrogens is 2. The van der Waals surface area contributed by atoms with Gasteiger partial charge in [-0.3, -0.25) is 9.58 Å². The van der Waals surface area contributed by atoms with Crippen LogP contribution in [-0.2, 0) is 26.1 Å². The molecule has 3 rings (SSSR count). The molecule has 0 fully saturated rings. The molecule has 5 nitrogen and oxygen atoms in total. The van der Waals surface area contributed by atoms with E-state index in [0.717, 1.165) is 25.2 Å². The highest BCUT2D eigenvalue weighted by Gasteiger charge is 2.21. The second-order valence-corrected chi connectivity index (χ2v) is 5.36. The summed E-state index contributed by atoms with van der Waals surface area (Å²) in [5, 5.41) is 13.5. The van der Waals surface area contributed by atoms with Gasteiger partial charge in [-0.2, -0.15) is 5.10 Å². The minimum Gasteiger partial charge on any atom is -0.478 e. The van der Waals surface area contributed by atoms with E-state index in [4.69, 9.17) is 0 Å². The van der Waals surface area contributed by atoms with Gasteiger partial charge in [-0.1, -0.05) is 24.3 Å². The van der Waals surface area contributed by atoms with Crippen molar-refractivity contribution < 1.29 is 9.90 Å². The number of benzene rings is 1. The Kier molecular flexibility index (Phi) is 3.75. The fourth-order valence-electron chi connectivity index (χ4n) is 2.93. The standard InChI is InChI=1S/C16H19N3O2/c1-2-19-15(14(9-17-19)16(20)21)11-18-8-7-12-5-3-4-6-13(12)10-18/h3-6,9H,2,7-8,10-11H2,1H3,(H,20,21). The summed E-state index contributed by atoms with van der Waals surface area (Å²) in [6, 6.07) is 8.45. The van der Waals surface area contributed by atoms with Crippen LogP contribution in [0.5, 0.6) is 0 Å². The van der Waals surface area contributed by atoms with Gasteiger partial charge < -0.3 is 5.11 Å². The van der Waals surface area contributed by atoms with E-state index in [-0.39, 0.29) is 0 Å². The van der Waals surface area contributed by atoms with Crippen molar-refractivity contribution in [2.24, 2.45) is 0 Å². The average Bonchev–Trinajstić information content (AvgIpc) is 2.90. The van der Waals surface area contributed by atoms with Crippen LogP contribution in [0.2, 0.25) is 0 Å². The Hall–Kier alpha value is -2.14. The van der Waals surface area contributed by atoms with Gasteiger partial charge in [-0.25, -0.2) is 4.79 Å². The maximum atomic E-state index is 11.3. The maximum absolute atomic E-state index is 11.3. The van der Waals surface area contributed by atoms with Crippen LogP contribution in [0.15, 0.2) is 30.5 Å². The third-order valence-corrected chi connectivity index (χ3v) is 4.06. The third-order valence-electron chi connectivity index (χ3n) is 4.06. The molecule has 1 aliphatic heterocycles. The smallest absolute Gasteiger partial charge is 0.339 e. The van der Waals surface area contributed by atoms with E-state index in [2.05, 4.69) is 34.3 Å². The summed E-state index contributed by atoms with van der Waals surface area (Å²) in [7, 11) is 0. The summed E-state index contributed by atoms with van der Waals surface area (Å²) in [6.45, 7) is 5.11. The van der Waals surface area contributed by atoms with E-state index in [9.17, 15) is 9.90 Å². The van der Waals surface area contributed by atoms with Crippen molar-refractivity contribution in [3.05, 3.63) is 52.8 Å². The lowest BCUT2D eigenvalue weighted by Crippen LogP contribution is -2.31. The van der Waals surface area contributed by atoms with Crippen LogP contribution in [0.1, 0.15) is 34.1 Å². The van der Waals surface area contributed by atoms with Crippen LogP contribution < -0.4 is 0 Å². The Labute approximate surface area is 123 Å². The van der Waals surface area contributed by atoms with Gasteiger partial charge in [-0.15, -0.1) is 0 Å². The molecular weight excluding hydrogens is 266 g/mol. The summed E-state index contributed by atoms with van der Waals surface area (Å²) in [6.07, 6.45) is 2.47. The SMILES string of the molecule is CCn1ncc(C(=O)O)c1CN1CCc2ccccc2C1. The molecule has 0 aliphatic carbocycles. The minimum absolute atomic E-state index is 0.315. The number of hydrogen-bond acceptors (Lipinski definition) is 3. The molecule has 1 aromatic carbocycles. The Morgan fingerprint density at radius 2 is 2.10 bits per heavy atom. The van der Waals surface area contributed by atoms with Gasteiger partial charge in [0.25, 0.3) is 0 Å². The van der Waals surface area contributed by atoms with E-state index in [1.54, 1.807) is 4.68 Å². The second kappa shape index (κ2) is 5.69. The van der Waals surface area contributed by atoms with E-state index >= 15 is 0 Å². The molecular formula is C16H19N3O2. The minimum atomic E-state index is -0.901. The average molecular weight is 285 g/mol. The molecule has 21 heavy (non-hydrogen) atoms. The molecule has 0 saturated carbocycles. The van der Waals surface area contributed by atoms with Crippen molar-refractivity contribution in [1.82, 2.24) is 14.7 Å². The number of aromatic carboxylic acids is 1. The zero-order valence-electron chi connectivity index (χ0n) is 12.1. The summed E-state index contributed by atoms with van der Waals surface area (Å²) < 4.78 is 1.78. The first-order valence-electron chi connectivity index (χ1n) is 7.26. The van der Waals surface area contributed by atoms with Crippen molar-refractivity contribution in [1.29, 1.82) is 0 Å². The number of nitrogens with zero attached hydrogens (tertiary/aromatic N) is 3. The zero-order valence-corrected chi connectivity index (χ0v) is 12.1. The molecule has 0 bridgehead atoms. The zero-order chi connectivity index (χ0) is 14.8. The van der Waals surface area contributed by atoms with Crippen LogP contribution >= 0.6 is 0 Å². The van der Waals surface area contributed by atoms with E-state index in [1.807, 2.05) is 6.92 Å². The molecule has 0 amide bonds. The topological polar surface area (TPSA) is 58.4 Å². The van der Waals surface area contributed by atoms with Gasteiger partial charge in [-0.05, 0) is 24.5 Å². The Morgan fingerprint density at radius 1 is 1.33 bits per heavy atom. The fraction of sp³-hybridized carbons (Fsp3) is 0.375. The van der Waals surface area contributed by atoms with Gasteiger partial charge in [0.1, 0.15) is 5.56 Å². The van der Waals surface area contributed by atoms with Gasteiger partial charge >= 0.3 is 5.97 Å². The molecule has 0 radical (unpaired) electrons. The largest absolute Gasteiger partial charge is 0.478 e. The first-order chi connectivity index (χ1) is 10.2. The summed E-state index contributed by atoms with van der Waals surface area (Å²) in [5.41, 5.74) is 3.85. The lowest BCUT2D eigenvalue weighted by molar-refractivity contribution is 0.0694. The number of carboxylic acid groups (broad SMARTS) is 1. The van der Waals surface area contributed by atoms with Crippen LogP contribution in [0.3, 0.4) is 0 Å². The molecule has 0 saturated heterocycles. The van der Waals surface area contributed by atoms with E-state index < -0.39 is 5.97 Å². The first-order valence-corrected chi connectivity index (χ1v) is 7.26. The number of carbonyl (C=O) groups is 1. The lowest BCUT2D eigenvalue weighted by atomic mass is 10.00. The van der Waals surface area contributed by atoms with Crippen molar-refractivity contribution >= 4 is 5.97 Å². The fourth-order valence-corrected chi connectivity index (χ4v) is 2.93. The molecule has 1 aromatic heterocycles. The van der Waals surface area contributed by atoms with Gasteiger partial charge in [0.15, 0.2) is 0 Å². The molecule has 110 valence electrons. The molecule has 0 spiro atoms. The number of hydrogen-bond donors (Lipinski definition) is 1. The second-order valence-electron chi connectivity index (χ2n) is 5.36. The lowest BCUT2D eigenvalue weighted by Gasteiger charge is -2.29.